The average Bonchev–Trinajstić information content (AvgIpc) is 2.60. The monoisotopic (exact) mass is 204 g/mol. The van der Waals surface area contributed by atoms with Crippen LogP contribution in [0.15, 0.2) is 24.3 Å². The van der Waals surface area contributed by atoms with Gasteiger partial charge in [0.25, 0.3) is 0 Å². The van der Waals surface area contributed by atoms with Gasteiger partial charge in [-0.3, -0.25) is 4.79 Å². The molecule has 0 saturated carbocycles. The molecule has 2 N–H and O–H groups in total. The molecule has 0 fully saturated rings. The van der Waals surface area contributed by atoms with Crippen molar-refractivity contribution >= 4 is 27.2 Å². The zero-order chi connectivity index (χ0) is 10.1. The molecule has 0 spiro atoms. The van der Waals surface area contributed by atoms with Gasteiger partial charge in [-0.1, -0.05) is 18.2 Å². The number of benzene rings is 1. The Morgan fingerprint density at radius 2 is 2.21 bits per heavy atom. The maximum atomic E-state index is 11.7. The molecule has 71 valence electrons. The summed E-state index contributed by atoms with van der Waals surface area (Å²) in [5, 5.41) is 3.97. The van der Waals surface area contributed by atoms with Crippen LogP contribution in [0.5, 0.6) is 0 Å². The molecule has 0 aliphatic carbocycles. The quantitative estimate of drug-likeness (QED) is 0.762. The fraction of sp³-hybridized carbons (Fsp3) is 0.182. The van der Waals surface area contributed by atoms with Crippen LogP contribution < -0.4 is 5.73 Å². The van der Waals surface area contributed by atoms with Crippen molar-refractivity contribution in [3.8, 4) is 0 Å². The molecule has 0 aliphatic rings. The number of fused-ring (bicyclic) bond motifs is 1. The minimum Gasteiger partial charge on any atom is -0.321 e. The average molecular weight is 204 g/mol. The fourth-order valence-corrected chi connectivity index (χ4v) is 2.18. The van der Waals surface area contributed by atoms with Crippen LogP contribution in [0.2, 0.25) is 0 Å². The van der Waals surface area contributed by atoms with E-state index in [1.165, 1.54) is 11.3 Å². The third-order valence-corrected chi connectivity index (χ3v) is 2.96. The summed E-state index contributed by atoms with van der Waals surface area (Å²) in [6, 6.07) is 7.32. The first-order valence-corrected chi connectivity index (χ1v) is 5.21. The predicted octanol–water partition coefficient (Wildman–Crippen LogP) is 2.23. The van der Waals surface area contributed by atoms with Gasteiger partial charge in [-0.25, -0.2) is 0 Å². The van der Waals surface area contributed by atoms with Crippen molar-refractivity contribution in [2.75, 3.05) is 0 Å². The SMILES string of the molecule is C[C@H](N)C(=O)c1[c]sc2ccccc12. The van der Waals surface area contributed by atoms with E-state index >= 15 is 0 Å². The predicted molar refractivity (Wildman–Crippen MR) is 58.6 cm³/mol. The molecule has 1 aromatic heterocycles. The van der Waals surface area contributed by atoms with Gasteiger partial charge in [0, 0.05) is 15.6 Å². The Balaban J connectivity index is 2.58. The van der Waals surface area contributed by atoms with Gasteiger partial charge < -0.3 is 5.73 Å². The van der Waals surface area contributed by atoms with Crippen molar-refractivity contribution in [1.29, 1.82) is 0 Å². The number of rotatable bonds is 2. The van der Waals surface area contributed by atoms with E-state index in [1.54, 1.807) is 6.92 Å². The molecule has 14 heavy (non-hydrogen) atoms. The molecule has 0 aliphatic heterocycles. The number of carbonyl (C=O) groups is 1. The van der Waals surface area contributed by atoms with Crippen LogP contribution >= 0.6 is 11.3 Å². The molecular weight excluding hydrogens is 194 g/mol. The van der Waals surface area contributed by atoms with Gasteiger partial charge >= 0.3 is 0 Å². The zero-order valence-electron chi connectivity index (χ0n) is 7.78. The Hall–Kier alpha value is -1.19. The molecule has 2 nitrogen and oxygen atoms in total. The highest BCUT2D eigenvalue weighted by molar-refractivity contribution is 7.17. The van der Waals surface area contributed by atoms with E-state index in [4.69, 9.17) is 5.73 Å². The third-order valence-electron chi connectivity index (χ3n) is 2.08. The second kappa shape index (κ2) is 3.52. The molecule has 1 aromatic carbocycles. The van der Waals surface area contributed by atoms with Gasteiger partial charge in [-0.05, 0) is 13.0 Å². The van der Waals surface area contributed by atoms with Crippen molar-refractivity contribution in [3.63, 3.8) is 0 Å². The van der Waals surface area contributed by atoms with E-state index in [2.05, 4.69) is 5.38 Å². The lowest BCUT2D eigenvalue weighted by Gasteiger charge is -2.01. The summed E-state index contributed by atoms with van der Waals surface area (Å²) < 4.78 is 1.08. The number of carbonyl (C=O) groups excluding carboxylic acids is 1. The van der Waals surface area contributed by atoms with Crippen LogP contribution in [0.3, 0.4) is 0 Å². The van der Waals surface area contributed by atoms with Crippen LogP contribution in [0.25, 0.3) is 10.1 Å². The van der Waals surface area contributed by atoms with Crippen molar-refractivity contribution < 1.29 is 4.79 Å². The van der Waals surface area contributed by atoms with Crippen LogP contribution in [0.4, 0.5) is 0 Å². The number of hydrogen-bond acceptors (Lipinski definition) is 3. The first-order valence-electron chi connectivity index (χ1n) is 4.39. The lowest BCUT2D eigenvalue weighted by atomic mass is 10.1. The van der Waals surface area contributed by atoms with Crippen LogP contribution in [0, 0.1) is 5.38 Å². The van der Waals surface area contributed by atoms with Crippen molar-refractivity contribution in [3.05, 3.63) is 35.2 Å². The Morgan fingerprint density at radius 1 is 1.50 bits per heavy atom. The molecule has 0 amide bonds. The second-order valence-electron chi connectivity index (χ2n) is 3.23. The van der Waals surface area contributed by atoms with Crippen LogP contribution in [-0.4, -0.2) is 11.8 Å². The second-order valence-corrected chi connectivity index (χ2v) is 4.08. The highest BCUT2D eigenvalue weighted by Crippen LogP contribution is 2.25. The Labute approximate surface area is 86.3 Å². The van der Waals surface area contributed by atoms with E-state index in [-0.39, 0.29) is 5.78 Å². The normalized spacial score (nSPS) is 13.0. The zero-order valence-corrected chi connectivity index (χ0v) is 8.60. The summed E-state index contributed by atoms with van der Waals surface area (Å²) in [5.74, 6) is -0.0394. The first kappa shape index (κ1) is 9.37. The number of nitrogens with two attached hydrogens (primary N) is 1. The van der Waals surface area contributed by atoms with E-state index in [9.17, 15) is 4.79 Å². The maximum absolute atomic E-state index is 11.7. The Kier molecular flexibility index (Phi) is 2.35. The van der Waals surface area contributed by atoms with Gasteiger partial charge in [0.05, 0.1) is 11.4 Å². The third kappa shape index (κ3) is 1.45. The molecule has 1 radical (unpaired) electrons. The highest BCUT2D eigenvalue weighted by atomic mass is 32.1. The Morgan fingerprint density at radius 3 is 2.93 bits per heavy atom. The topological polar surface area (TPSA) is 43.1 Å². The summed E-state index contributed by atoms with van der Waals surface area (Å²) >= 11 is 1.46. The molecule has 2 aromatic rings. The number of thiophene rings is 1. The molecule has 0 saturated heterocycles. The molecule has 0 bridgehead atoms. The molecular formula is C11H10NOS. The van der Waals surface area contributed by atoms with Gasteiger partial charge in [-0.15, -0.1) is 11.3 Å². The van der Waals surface area contributed by atoms with E-state index < -0.39 is 6.04 Å². The fourth-order valence-electron chi connectivity index (χ4n) is 1.33. The van der Waals surface area contributed by atoms with Gasteiger partial charge in [0.1, 0.15) is 0 Å². The van der Waals surface area contributed by atoms with Crippen LogP contribution in [0.1, 0.15) is 17.3 Å². The van der Waals surface area contributed by atoms with E-state index in [0.717, 1.165) is 10.1 Å². The maximum Gasteiger partial charge on any atom is 0.181 e. The minimum absolute atomic E-state index is 0.0394. The van der Waals surface area contributed by atoms with Crippen molar-refractivity contribution in [2.45, 2.75) is 13.0 Å². The van der Waals surface area contributed by atoms with Crippen molar-refractivity contribution in [2.24, 2.45) is 5.73 Å². The van der Waals surface area contributed by atoms with E-state index in [1.807, 2.05) is 24.3 Å². The largest absolute Gasteiger partial charge is 0.321 e. The van der Waals surface area contributed by atoms with Crippen molar-refractivity contribution in [1.82, 2.24) is 0 Å². The first-order chi connectivity index (χ1) is 6.70. The number of Topliss-reactive ketones (excluding diaryl/α,β-unsaturated/α-hetero) is 1. The number of hydrogen-bond donors (Lipinski definition) is 1. The molecule has 0 unspecified atom stereocenters. The summed E-state index contributed by atoms with van der Waals surface area (Å²) in [7, 11) is 0. The van der Waals surface area contributed by atoms with Gasteiger partial charge in [0.15, 0.2) is 5.78 Å². The van der Waals surface area contributed by atoms with Gasteiger partial charge in [0.2, 0.25) is 0 Å². The lowest BCUT2D eigenvalue weighted by molar-refractivity contribution is 0.0969. The molecule has 1 atom stereocenters. The number of ketones is 1. The van der Waals surface area contributed by atoms with E-state index in [0.29, 0.717) is 5.56 Å². The molecule has 2 rings (SSSR count). The standard InChI is InChI=1S/C11H10NOS/c1-7(12)11(13)9-6-14-10-5-3-2-4-8(9)10/h2-5,7H,12H2,1H3/t7-/m0/s1. The molecule has 1 heterocycles. The Bertz CT molecular complexity index is 473. The minimum atomic E-state index is -0.454. The lowest BCUT2D eigenvalue weighted by Crippen LogP contribution is -2.26. The summed E-state index contributed by atoms with van der Waals surface area (Å²) in [4.78, 5) is 11.7. The summed E-state index contributed by atoms with van der Waals surface area (Å²) in [6.07, 6.45) is 0. The van der Waals surface area contributed by atoms with Gasteiger partial charge in [-0.2, -0.15) is 0 Å². The smallest absolute Gasteiger partial charge is 0.181 e. The molecule has 3 heteroatoms. The summed E-state index contributed by atoms with van der Waals surface area (Å²) in [5.41, 5.74) is 6.18. The summed E-state index contributed by atoms with van der Waals surface area (Å²) in [6.45, 7) is 1.70. The van der Waals surface area contributed by atoms with Crippen LogP contribution in [-0.2, 0) is 0 Å². The highest BCUT2D eigenvalue weighted by Gasteiger charge is 2.15.